The molecule has 1 aliphatic carbocycles. The van der Waals surface area contributed by atoms with Gasteiger partial charge in [-0.15, -0.1) is 0 Å². The number of ether oxygens (including phenoxy) is 1. The number of piperidine rings is 1. The lowest BCUT2D eigenvalue weighted by Gasteiger charge is -2.35. The molecule has 0 aromatic rings. The zero-order valence-corrected chi connectivity index (χ0v) is 13.9. The van der Waals surface area contributed by atoms with Crippen molar-refractivity contribution in [3.8, 4) is 0 Å². The molecule has 2 aliphatic heterocycles. The topological polar surface area (TPSA) is 88.1 Å². The van der Waals surface area contributed by atoms with E-state index < -0.39 is 7.60 Å². The second kappa shape index (κ2) is 6.11. The van der Waals surface area contributed by atoms with E-state index in [4.69, 9.17) is 9.26 Å². The number of hydrogen-bond donors (Lipinski definition) is 2. The number of rotatable bonds is 3. The monoisotopic (exact) mass is 332 g/mol. The molecule has 3 fully saturated rings. The molecular weight excluding hydrogens is 307 g/mol. The van der Waals surface area contributed by atoms with Gasteiger partial charge in [0.1, 0.15) is 5.60 Å². The van der Waals surface area contributed by atoms with E-state index in [9.17, 15) is 14.3 Å². The van der Waals surface area contributed by atoms with Crippen LogP contribution in [0.15, 0.2) is 0 Å². The fourth-order valence-electron chi connectivity index (χ4n) is 3.92. The highest BCUT2D eigenvalue weighted by Crippen LogP contribution is 2.52. The van der Waals surface area contributed by atoms with Gasteiger partial charge in [-0.2, -0.15) is 0 Å². The van der Waals surface area contributed by atoms with Crippen molar-refractivity contribution in [2.75, 3.05) is 26.7 Å². The molecular formula is C14H25N2O5P. The molecule has 2 saturated heterocycles. The average molecular weight is 332 g/mol. The van der Waals surface area contributed by atoms with Gasteiger partial charge in [-0.3, -0.25) is 4.57 Å². The molecule has 3 aliphatic rings. The first-order chi connectivity index (χ1) is 10.5. The summed E-state index contributed by atoms with van der Waals surface area (Å²) < 4.78 is 22.3. The molecule has 1 saturated carbocycles. The van der Waals surface area contributed by atoms with E-state index >= 15 is 0 Å². The van der Waals surface area contributed by atoms with Crippen LogP contribution in [0.3, 0.4) is 0 Å². The average Bonchev–Trinajstić information content (AvgIpc) is 2.84. The van der Waals surface area contributed by atoms with E-state index in [1.54, 1.807) is 0 Å². The van der Waals surface area contributed by atoms with E-state index in [0.29, 0.717) is 19.4 Å². The van der Waals surface area contributed by atoms with Gasteiger partial charge in [-0.05, 0) is 38.8 Å². The lowest BCUT2D eigenvalue weighted by molar-refractivity contribution is 0.0316. The van der Waals surface area contributed by atoms with Gasteiger partial charge in [0.15, 0.2) is 0 Å². The van der Waals surface area contributed by atoms with Gasteiger partial charge in [0, 0.05) is 26.0 Å². The molecule has 7 nitrogen and oxygen atoms in total. The van der Waals surface area contributed by atoms with E-state index in [1.807, 2.05) is 4.90 Å². The third-order valence-electron chi connectivity index (χ3n) is 5.34. The van der Waals surface area contributed by atoms with Crippen LogP contribution >= 0.6 is 7.60 Å². The molecule has 0 radical (unpaired) electrons. The fourth-order valence-corrected chi connectivity index (χ4v) is 5.17. The Balaban J connectivity index is 1.60. The van der Waals surface area contributed by atoms with E-state index in [1.165, 1.54) is 7.11 Å². The van der Waals surface area contributed by atoms with Crippen LogP contribution in [-0.2, 0) is 13.8 Å². The maximum Gasteiger partial charge on any atom is 0.410 e. The smallest absolute Gasteiger partial charge is 0.410 e. The van der Waals surface area contributed by atoms with Crippen molar-refractivity contribution in [2.45, 2.75) is 55.8 Å². The number of hydrogen-bond acceptors (Lipinski definition) is 5. The summed E-state index contributed by atoms with van der Waals surface area (Å²) in [4.78, 5) is 23.9. The van der Waals surface area contributed by atoms with Crippen LogP contribution in [0.2, 0.25) is 0 Å². The van der Waals surface area contributed by atoms with Crippen molar-refractivity contribution < 1.29 is 23.5 Å². The van der Waals surface area contributed by atoms with E-state index in [-0.39, 0.29) is 23.4 Å². The minimum Gasteiger partial charge on any atom is -0.441 e. The maximum absolute atomic E-state index is 12.2. The van der Waals surface area contributed by atoms with E-state index in [2.05, 4.69) is 5.32 Å². The van der Waals surface area contributed by atoms with Crippen molar-refractivity contribution in [2.24, 2.45) is 0 Å². The number of carbonyl (C=O) groups excluding carboxylic acids is 1. The van der Waals surface area contributed by atoms with Gasteiger partial charge in [0.25, 0.3) is 0 Å². The molecule has 1 atom stereocenters. The SMILES string of the molecule is COP(=O)(O)C1CCC(N2CC3(CCNCC3)OC2=O)CC1. The summed E-state index contributed by atoms with van der Waals surface area (Å²) in [5.41, 5.74) is -0.627. The first-order valence-electron chi connectivity index (χ1n) is 8.04. The molecule has 8 heteroatoms. The molecule has 3 rings (SSSR count). The Bertz CT molecular complexity index is 472. The first kappa shape index (κ1) is 16.2. The zero-order valence-electron chi connectivity index (χ0n) is 13.0. The summed E-state index contributed by atoms with van der Waals surface area (Å²) in [5.74, 6) is 0. The summed E-state index contributed by atoms with van der Waals surface area (Å²) in [6.07, 6.45) is 4.21. The number of amides is 1. The van der Waals surface area contributed by atoms with Crippen LogP contribution in [0.25, 0.3) is 0 Å². The maximum atomic E-state index is 12.2. The summed E-state index contributed by atoms with van der Waals surface area (Å²) in [7, 11) is -2.21. The molecule has 0 bridgehead atoms. The molecule has 22 heavy (non-hydrogen) atoms. The highest BCUT2D eigenvalue weighted by Gasteiger charge is 2.48. The van der Waals surface area contributed by atoms with Crippen LogP contribution in [0.5, 0.6) is 0 Å². The van der Waals surface area contributed by atoms with Crippen LogP contribution < -0.4 is 5.32 Å². The van der Waals surface area contributed by atoms with Gasteiger partial charge in [-0.25, -0.2) is 4.79 Å². The minimum absolute atomic E-state index is 0.120. The van der Waals surface area contributed by atoms with Crippen LogP contribution in [0.4, 0.5) is 4.79 Å². The van der Waals surface area contributed by atoms with Gasteiger partial charge in [-0.1, -0.05) is 0 Å². The Morgan fingerprint density at radius 2 is 1.95 bits per heavy atom. The van der Waals surface area contributed by atoms with Crippen molar-refractivity contribution in [3.63, 3.8) is 0 Å². The van der Waals surface area contributed by atoms with Crippen LogP contribution in [0.1, 0.15) is 38.5 Å². The lowest BCUT2D eigenvalue weighted by Crippen LogP contribution is -2.46. The van der Waals surface area contributed by atoms with Gasteiger partial charge >= 0.3 is 13.7 Å². The molecule has 2 heterocycles. The van der Waals surface area contributed by atoms with Crippen LogP contribution in [-0.4, -0.2) is 59.9 Å². The van der Waals surface area contributed by atoms with Crippen molar-refractivity contribution in [3.05, 3.63) is 0 Å². The van der Waals surface area contributed by atoms with Crippen molar-refractivity contribution >= 4 is 13.7 Å². The number of carbonyl (C=O) groups is 1. The van der Waals surface area contributed by atoms with Gasteiger partial charge < -0.3 is 24.4 Å². The number of nitrogens with zero attached hydrogens (tertiary/aromatic N) is 1. The van der Waals surface area contributed by atoms with Gasteiger partial charge in [0.2, 0.25) is 0 Å². The summed E-state index contributed by atoms with van der Waals surface area (Å²) >= 11 is 0. The van der Waals surface area contributed by atoms with Crippen LogP contribution in [0, 0.1) is 0 Å². The Kier molecular flexibility index (Phi) is 4.52. The third kappa shape index (κ3) is 3.04. The first-order valence-corrected chi connectivity index (χ1v) is 9.69. The highest BCUT2D eigenvalue weighted by atomic mass is 31.2. The minimum atomic E-state index is -3.50. The van der Waals surface area contributed by atoms with Gasteiger partial charge in [0.05, 0.1) is 12.2 Å². The second-order valence-electron chi connectivity index (χ2n) is 6.64. The summed E-state index contributed by atoms with van der Waals surface area (Å²) in [5, 5.41) is 3.29. The predicted octanol–water partition coefficient (Wildman–Crippen LogP) is 1.70. The Morgan fingerprint density at radius 3 is 2.55 bits per heavy atom. The van der Waals surface area contributed by atoms with E-state index in [0.717, 1.165) is 38.8 Å². The highest BCUT2D eigenvalue weighted by molar-refractivity contribution is 7.53. The molecule has 126 valence electrons. The number of nitrogens with one attached hydrogen (secondary N) is 1. The second-order valence-corrected chi connectivity index (χ2v) is 8.86. The zero-order chi connectivity index (χ0) is 15.8. The Labute approximate surface area is 130 Å². The summed E-state index contributed by atoms with van der Waals surface area (Å²) in [6, 6.07) is 0.120. The molecule has 0 aromatic carbocycles. The third-order valence-corrected chi connectivity index (χ3v) is 7.30. The fraction of sp³-hybridized carbons (Fsp3) is 0.929. The molecule has 1 spiro atoms. The summed E-state index contributed by atoms with van der Waals surface area (Å²) in [6.45, 7) is 2.43. The normalized spacial score (nSPS) is 34.5. The quantitative estimate of drug-likeness (QED) is 0.765. The molecule has 2 N–H and O–H groups in total. The lowest BCUT2D eigenvalue weighted by atomic mass is 9.90. The standard InChI is InChI=1S/C14H25N2O5P/c1-20-22(18,19)12-4-2-11(3-5-12)16-10-14(21-13(16)17)6-8-15-9-7-14/h11-12,15H,2-10H2,1H3,(H,18,19). The van der Waals surface area contributed by atoms with Crippen molar-refractivity contribution in [1.82, 2.24) is 10.2 Å². The largest absolute Gasteiger partial charge is 0.441 e. The molecule has 1 unspecified atom stereocenters. The van der Waals surface area contributed by atoms with Crippen molar-refractivity contribution in [1.29, 1.82) is 0 Å². The predicted molar refractivity (Wildman–Crippen MR) is 80.9 cm³/mol. The molecule has 1 amide bonds. The Hall–Kier alpha value is -0.620. The Morgan fingerprint density at radius 1 is 1.32 bits per heavy atom. The molecule has 0 aromatic heterocycles.